The van der Waals surface area contributed by atoms with E-state index in [1.807, 2.05) is 85.8 Å². The Bertz CT molecular complexity index is 1150. The fourth-order valence-corrected chi connectivity index (χ4v) is 3.51. The van der Waals surface area contributed by atoms with Crippen molar-refractivity contribution < 1.29 is 23.7 Å². The van der Waals surface area contributed by atoms with Gasteiger partial charge in [-0.25, -0.2) is 4.79 Å². The summed E-state index contributed by atoms with van der Waals surface area (Å²) in [5.41, 5.74) is 2.80. The van der Waals surface area contributed by atoms with Crippen LogP contribution in [-0.2, 0) is 14.3 Å². The number of carbonyl (C=O) groups excluding carboxylic acids is 1. The van der Waals surface area contributed by atoms with Gasteiger partial charge >= 0.3 is 5.97 Å². The summed E-state index contributed by atoms with van der Waals surface area (Å²) < 4.78 is 22.0. The molecule has 1 atom stereocenters. The van der Waals surface area contributed by atoms with Crippen molar-refractivity contribution in [1.29, 1.82) is 0 Å². The van der Waals surface area contributed by atoms with Gasteiger partial charge in [-0.05, 0) is 80.3 Å². The van der Waals surface area contributed by atoms with Crippen molar-refractivity contribution >= 4 is 17.3 Å². The van der Waals surface area contributed by atoms with Crippen LogP contribution in [0.15, 0.2) is 101 Å². The maximum atomic E-state index is 12.2. The van der Waals surface area contributed by atoms with Gasteiger partial charge in [0.25, 0.3) is 0 Å². The van der Waals surface area contributed by atoms with E-state index >= 15 is 0 Å². The molecule has 0 aliphatic heterocycles. The second-order valence-corrected chi connectivity index (χ2v) is 8.77. The number of azo groups is 1. The van der Waals surface area contributed by atoms with Crippen LogP contribution in [0.5, 0.6) is 11.5 Å². The third-order valence-corrected chi connectivity index (χ3v) is 5.76. The van der Waals surface area contributed by atoms with Gasteiger partial charge in [-0.15, -0.1) is 0 Å². The number of carbonyl (C=O) groups is 1. The Morgan fingerprint density at radius 1 is 0.789 bits per heavy atom. The zero-order chi connectivity index (χ0) is 27.0. The molecule has 3 aromatic carbocycles. The molecule has 7 heteroatoms. The summed E-state index contributed by atoms with van der Waals surface area (Å²) in [6, 6.07) is 24.6. The molecule has 0 saturated heterocycles. The van der Waals surface area contributed by atoms with E-state index in [-0.39, 0.29) is 12.7 Å². The maximum Gasteiger partial charge on any atom is 0.336 e. The van der Waals surface area contributed by atoms with Gasteiger partial charge < -0.3 is 18.9 Å². The summed E-state index contributed by atoms with van der Waals surface area (Å²) >= 11 is 0. The third kappa shape index (κ3) is 10.2. The molecular formula is C31H36N2O5. The average molecular weight is 517 g/mol. The van der Waals surface area contributed by atoms with Gasteiger partial charge in [0.1, 0.15) is 17.6 Å². The molecule has 0 spiro atoms. The lowest BCUT2D eigenvalue weighted by Gasteiger charge is -2.14. The standard InChI is InChI=1S/C31H36N2O5/c1-24(31(34)38-25(2)26-11-7-6-8-12-26)23-36-21-9-4-5-10-22-37-30-19-15-28(16-20-30)33-32-27-13-17-29(35-3)18-14-27/h6-8,11-20,25H,1,4-5,9-10,21-23H2,2-3H3. The lowest BCUT2D eigenvalue weighted by molar-refractivity contribution is -0.144. The fraction of sp³-hybridized carbons (Fsp3) is 0.323. The second kappa shape index (κ2) is 16.0. The Balaban J connectivity index is 1.21. The van der Waals surface area contributed by atoms with Gasteiger partial charge in [-0.1, -0.05) is 43.3 Å². The molecule has 0 amide bonds. The average Bonchev–Trinajstić information content (AvgIpc) is 2.96. The first-order valence-corrected chi connectivity index (χ1v) is 12.9. The highest BCUT2D eigenvalue weighted by atomic mass is 16.5. The minimum atomic E-state index is -0.424. The van der Waals surface area contributed by atoms with E-state index in [4.69, 9.17) is 18.9 Å². The predicted molar refractivity (Wildman–Crippen MR) is 148 cm³/mol. The Morgan fingerprint density at radius 2 is 1.37 bits per heavy atom. The monoisotopic (exact) mass is 516 g/mol. The number of hydrogen-bond acceptors (Lipinski definition) is 7. The quantitative estimate of drug-likeness (QED) is 0.0836. The van der Waals surface area contributed by atoms with Crippen LogP contribution in [0.4, 0.5) is 11.4 Å². The zero-order valence-corrected chi connectivity index (χ0v) is 22.2. The molecule has 0 aliphatic carbocycles. The smallest absolute Gasteiger partial charge is 0.336 e. The lowest BCUT2D eigenvalue weighted by Crippen LogP contribution is -2.14. The summed E-state index contributed by atoms with van der Waals surface area (Å²) in [6.07, 6.45) is 3.60. The number of benzene rings is 3. The molecule has 0 heterocycles. The van der Waals surface area contributed by atoms with Crippen LogP contribution in [0.1, 0.15) is 44.3 Å². The van der Waals surface area contributed by atoms with Crippen molar-refractivity contribution in [2.24, 2.45) is 10.2 Å². The van der Waals surface area contributed by atoms with E-state index in [1.165, 1.54) is 0 Å². The Morgan fingerprint density at radius 3 is 1.97 bits per heavy atom. The van der Waals surface area contributed by atoms with E-state index in [1.54, 1.807) is 7.11 Å². The fourth-order valence-electron chi connectivity index (χ4n) is 3.51. The number of methoxy groups -OCH3 is 1. The molecule has 0 saturated carbocycles. The molecule has 0 aliphatic rings. The van der Waals surface area contributed by atoms with Crippen molar-refractivity contribution in [3.8, 4) is 11.5 Å². The highest BCUT2D eigenvalue weighted by Crippen LogP contribution is 2.23. The topological polar surface area (TPSA) is 78.7 Å². The molecule has 3 aromatic rings. The van der Waals surface area contributed by atoms with Gasteiger partial charge in [-0.3, -0.25) is 0 Å². The minimum Gasteiger partial charge on any atom is -0.497 e. The molecule has 0 N–H and O–H groups in total. The molecule has 0 aromatic heterocycles. The van der Waals surface area contributed by atoms with Crippen LogP contribution < -0.4 is 9.47 Å². The van der Waals surface area contributed by atoms with Crippen molar-refractivity contribution in [3.05, 3.63) is 96.6 Å². The first-order valence-electron chi connectivity index (χ1n) is 12.9. The zero-order valence-electron chi connectivity index (χ0n) is 22.2. The second-order valence-electron chi connectivity index (χ2n) is 8.77. The summed E-state index contributed by atoms with van der Waals surface area (Å²) in [4.78, 5) is 12.2. The molecule has 0 radical (unpaired) electrons. The number of esters is 1. The van der Waals surface area contributed by atoms with Crippen LogP contribution >= 0.6 is 0 Å². The number of unbranched alkanes of at least 4 members (excludes halogenated alkanes) is 3. The van der Waals surface area contributed by atoms with Gasteiger partial charge in [0, 0.05) is 6.61 Å². The van der Waals surface area contributed by atoms with Crippen LogP contribution in [0.2, 0.25) is 0 Å². The first kappa shape index (κ1) is 28.6. The largest absolute Gasteiger partial charge is 0.497 e. The Hall–Kier alpha value is -3.97. The van der Waals surface area contributed by atoms with Crippen molar-refractivity contribution in [2.75, 3.05) is 26.9 Å². The van der Waals surface area contributed by atoms with Crippen LogP contribution in [-0.4, -0.2) is 32.9 Å². The lowest BCUT2D eigenvalue weighted by atomic mass is 10.1. The van der Waals surface area contributed by atoms with E-state index in [0.717, 1.165) is 54.1 Å². The molecule has 0 bridgehead atoms. The van der Waals surface area contributed by atoms with E-state index in [0.29, 0.717) is 18.8 Å². The van der Waals surface area contributed by atoms with Crippen molar-refractivity contribution in [3.63, 3.8) is 0 Å². The summed E-state index contributed by atoms with van der Waals surface area (Å²) in [7, 11) is 1.63. The molecule has 7 nitrogen and oxygen atoms in total. The minimum absolute atomic E-state index is 0.180. The number of hydrogen-bond donors (Lipinski definition) is 0. The highest BCUT2D eigenvalue weighted by molar-refractivity contribution is 5.88. The first-order chi connectivity index (χ1) is 18.5. The van der Waals surface area contributed by atoms with Crippen molar-refractivity contribution in [1.82, 2.24) is 0 Å². The van der Waals surface area contributed by atoms with Crippen LogP contribution in [0.25, 0.3) is 0 Å². The molecule has 38 heavy (non-hydrogen) atoms. The number of rotatable bonds is 16. The van der Waals surface area contributed by atoms with Gasteiger partial charge in [0.05, 0.1) is 37.3 Å². The van der Waals surface area contributed by atoms with Gasteiger partial charge in [0.15, 0.2) is 0 Å². The van der Waals surface area contributed by atoms with E-state index < -0.39 is 5.97 Å². The summed E-state index contributed by atoms with van der Waals surface area (Å²) in [5.74, 6) is 1.17. The summed E-state index contributed by atoms with van der Waals surface area (Å²) in [6.45, 7) is 7.04. The van der Waals surface area contributed by atoms with Crippen LogP contribution in [0.3, 0.4) is 0 Å². The molecular weight excluding hydrogens is 480 g/mol. The molecule has 200 valence electrons. The highest BCUT2D eigenvalue weighted by Gasteiger charge is 2.14. The van der Waals surface area contributed by atoms with Crippen LogP contribution in [0, 0.1) is 0 Å². The molecule has 1 unspecified atom stereocenters. The normalized spacial score (nSPS) is 11.7. The Labute approximate surface area is 225 Å². The van der Waals surface area contributed by atoms with E-state index in [2.05, 4.69) is 16.8 Å². The predicted octanol–water partition coefficient (Wildman–Crippen LogP) is 7.93. The Kier molecular flexibility index (Phi) is 12.0. The SMILES string of the molecule is C=C(COCCCCCCOc1ccc(N=Nc2ccc(OC)cc2)cc1)C(=O)OC(C)c1ccccc1. The van der Waals surface area contributed by atoms with E-state index in [9.17, 15) is 4.79 Å². The number of nitrogens with zero attached hydrogens (tertiary/aromatic N) is 2. The van der Waals surface area contributed by atoms with Crippen molar-refractivity contribution in [2.45, 2.75) is 38.7 Å². The van der Waals surface area contributed by atoms with Gasteiger partial charge in [-0.2, -0.15) is 10.2 Å². The molecule has 0 fully saturated rings. The maximum absolute atomic E-state index is 12.2. The third-order valence-electron chi connectivity index (χ3n) is 5.76. The molecule has 3 rings (SSSR count). The number of ether oxygens (including phenoxy) is 4. The van der Waals surface area contributed by atoms with Gasteiger partial charge in [0.2, 0.25) is 0 Å². The summed E-state index contributed by atoms with van der Waals surface area (Å²) in [5, 5.41) is 8.48.